The van der Waals surface area contributed by atoms with Gasteiger partial charge in [-0.3, -0.25) is 0 Å². The first-order chi connectivity index (χ1) is 8.83. The van der Waals surface area contributed by atoms with Crippen LogP contribution in [0.4, 0.5) is 5.69 Å². The number of anilines is 1. The van der Waals surface area contributed by atoms with E-state index in [9.17, 15) is 0 Å². The van der Waals surface area contributed by atoms with Crippen molar-refractivity contribution in [1.29, 1.82) is 0 Å². The van der Waals surface area contributed by atoms with Crippen LogP contribution in [0.25, 0.3) is 16.6 Å². The van der Waals surface area contributed by atoms with Gasteiger partial charge in [0.2, 0.25) is 0 Å². The molecule has 1 aliphatic heterocycles. The van der Waals surface area contributed by atoms with E-state index in [0.717, 1.165) is 22.9 Å². The van der Waals surface area contributed by atoms with Crippen molar-refractivity contribution in [2.75, 3.05) is 5.32 Å². The lowest BCUT2D eigenvalue weighted by Gasteiger charge is -2.22. The predicted octanol–water partition coefficient (Wildman–Crippen LogP) is 4.21. The van der Waals surface area contributed by atoms with Crippen molar-refractivity contribution in [1.82, 2.24) is 4.57 Å². The third-order valence-corrected chi connectivity index (χ3v) is 3.68. The minimum absolute atomic E-state index is 0.765. The van der Waals surface area contributed by atoms with Gasteiger partial charge in [-0.05, 0) is 30.3 Å². The number of para-hydroxylation sites is 1. The normalized spacial score (nSPS) is 12.9. The molecule has 0 atom stereocenters. The van der Waals surface area contributed by atoms with Gasteiger partial charge in [0, 0.05) is 16.1 Å². The number of hydrogen-bond acceptors (Lipinski definition) is 1. The Hall–Kier alpha value is -1.93. The molecule has 0 saturated carbocycles. The molecule has 88 valence electrons. The molecule has 3 aromatic rings. The molecular weight excluding hydrogens is 244 g/mol. The summed E-state index contributed by atoms with van der Waals surface area (Å²) in [6, 6.07) is 16.6. The molecule has 1 aromatic heterocycles. The fourth-order valence-electron chi connectivity index (χ4n) is 2.65. The molecular formula is C15H11ClN2. The van der Waals surface area contributed by atoms with Crippen molar-refractivity contribution >= 4 is 28.2 Å². The highest BCUT2D eigenvalue weighted by Gasteiger charge is 2.17. The summed E-state index contributed by atoms with van der Waals surface area (Å²) >= 11 is 6.12. The van der Waals surface area contributed by atoms with Gasteiger partial charge < -0.3 is 9.88 Å². The minimum atomic E-state index is 0.765. The predicted molar refractivity (Wildman–Crippen MR) is 75.6 cm³/mol. The molecule has 2 heterocycles. The van der Waals surface area contributed by atoms with Crippen LogP contribution in [0.2, 0.25) is 5.02 Å². The highest BCUT2D eigenvalue weighted by Crippen LogP contribution is 2.34. The van der Waals surface area contributed by atoms with E-state index in [1.165, 1.54) is 16.6 Å². The van der Waals surface area contributed by atoms with Crippen molar-refractivity contribution in [2.24, 2.45) is 0 Å². The van der Waals surface area contributed by atoms with E-state index in [4.69, 9.17) is 11.6 Å². The van der Waals surface area contributed by atoms with Gasteiger partial charge in [0.05, 0.1) is 23.4 Å². The molecule has 1 aliphatic rings. The molecule has 2 nitrogen and oxygen atoms in total. The number of rotatable bonds is 0. The van der Waals surface area contributed by atoms with Crippen molar-refractivity contribution in [3.63, 3.8) is 0 Å². The topological polar surface area (TPSA) is 17.0 Å². The lowest BCUT2D eigenvalue weighted by Crippen LogP contribution is -2.14. The maximum atomic E-state index is 6.12. The Morgan fingerprint density at radius 2 is 1.94 bits per heavy atom. The third-order valence-electron chi connectivity index (χ3n) is 3.45. The van der Waals surface area contributed by atoms with Crippen LogP contribution in [0.1, 0.15) is 5.69 Å². The van der Waals surface area contributed by atoms with E-state index >= 15 is 0 Å². The molecule has 18 heavy (non-hydrogen) atoms. The van der Waals surface area contributed by atoms with Crippen LogP contribution < -0.4 is 5.32 Å². The highest BCUT2D eigenvalue weighted by atomic mass is 35.5. The minimum Gasteiger partial charge on any atom is -0.378 e. The monoisotopic (exact) mass is 254 g/mol. The molecule has 1 N–H and O–H groups in total. The van der Waals surface area contributed by atoms with Crippen LogP contribution in [-0.4, -0.2) is 4.57 Å². The zero-order valence-corrected chi connectivity index (χ0v) is 10.4. The smallest absolute Gasteiger partial charge is 0.0706 e. The van der Waals surface area contributed by atoms with Gasteiger partial charge in [0.25, 0.3) is 0 Å². The first-order valence-electron chi connectivity index (χ1n) is 5.96. The Kier molecular flexibility index (Phi) is 1.97. The zero-order chi connectivity index (χ0) is 12.1. The van der Waals surface area contributed by atoms with Crippen molar-refractivity contribution < 1.29 is 0 Å². The summed E-state index contributed by atoms with van der Waals surface area (Å²) in [5, 5.41) is 5.46. The van der Waals surface area contributed by atoms with Gasteiger partial charge >= 0.3 is 0 Å². The van der Waals surface area contributed by atoms with E-state index in [0.29, 0.717) is 0 Å². The van der Waals surface area contributed by atoms with Crippen LogP contribution in [0, 0.1) is 0 Å². The van der Waals surface area contributed by atoms with E-state index in [-0.39, 0.29) is 0 Å². The number of nitrogens with one attached hydrogen (secondary N) is 1. The van der Waals surface area contributed by atoms with Crippen molar-refractivity contribution in [3.05, 3.63) is 59.2 Å². The van der Waals surface area contributed by atoms with Crippen LogP contribution in [-0.2, 0) is 6.54 Å². The highest BCUT2D eigenvalue weighted by molar-refractivity contribution is 6.30. The largest absolute Gasteiger partial charge is 0.378 e. The van der Waals surface area contributed by atoms with E-state index in [1.807, 2.05) is 18.2 Å². The average molecular weight is 255 g/mol. The summed E-state index contributed by atoms with van der Waals surface area (Å²) in [5.74, 6) is 0. The quantitative estimate of drug-likeness (QED) is 0.636. The SMILES string of the molecule is Clc1ccc2c(c1)-n1c(cc3ccccc31)CN2. The third kappa shape index (κ3) is 1.30. The number of aromatic nitrogens is 1. The van der Waals surface area contributed by atoms with Crippen LogP contribution in [0.3, 0.4) is 0 Å². The Bertz CT molecular complexity index is 758. The lowest BCUT2D eigenvalue weighted by atomic mass is 10.2. The summed E-state index contributed by atoms with van der Waals surface area (Å²) in [4.78, 5) is 0. The molecule has 2 aromatic carbocycles. The summed E-state index contributed by atoms with van der Waals surface area (Å²) in [7, 11) is 0. The molecule has 0 radical (unpaired) electrons. The maximum Gasteiger partial charge on any atom is 0.0706 e. The number of halogens is 1. The number of nitrogens with zero attached hydrogens (tertiary/aromatic N) is 1. The van der Waals surface area contributed by atoms with Crippen molar-refractivity contribution in [2.45, 2.75) is 6.54 Å². The first-order valence-corrected chi connectivity index (χ1v) is 6.34. The molecule has 0 amide bonds. The number of fused-ring (bicyclic) bond motifs is 5. The Morgan fingerprint density at radius 1 is 1.06 bits per heavy atom. The van der Waals surface area contributed by atoms with Gasteiger partial charge in [-0.1, -0.05) is 29.8 Å². The Labute approximate surface area is 110 Å². The summed E-state index contributed by atoms with van der Waals surface area (Å²) in [5.41, 5.74) is 4.77. The van der Waals surface area contributed by atoms with Gasteiger partial charge in [-0.2, -0.15) is 0 Å². The molecule has 4 rings (SSSR count). The number of benzene rings is 2. The molecule has 0 aliphatic carbocycles. The Balaban J connectivity index is 2.12. The zero-order valence-electron chi connectivity index (χ0n) is 9.65. The van der Waals surface area contributed by atoms with Crippen LogP contribution >= 0.6 is 11.6 Å². The summed E-state index contributed by atoms with van der Waals surface area (Å²) < 4.78 is 2.28. The van der Waals surface area contributed by atoms with Gasteiger partial charge in [-0.25, -0.2) is 0 Å². The molecule has 0 bridgehead atoms. The molecule has 0 fully saturated rings. The molecule has 0 spiro atoms. The van der Waals surface area contributed by atoms with Crippen LogP contribution in [0.5, 0.6) is 0 Å². The van der Waals surface area contributed by atoms with Gasteiger partial charge in [0.1, 0.15) is 0 Å². The molecule has 0 saturated heterocycles. The van der Waals surface area contributed by atoms with E-state index in [2.05, 4.69) is 40.2 Å². The average Bonchev–Trinajstić information content (AvgIpc) is 2.77. The fourth-order valence-corrected chi connectivity index (χ4v) is 2.82. The number of hydrogen-bond donors (Lipinski definition) is 1. The van der Waals surface area contributed by atoms with E-state index in [1.54, 1.807) is 0 Å². The second kappa shape index (κ2) is 3.53. The van der Waals surface area contributed by atoms with Gasteiger partial charge in [0.15, 0.2) is 0 Å². The van der Waals surface area contributed by atoms with Gasteiger partial charge in [-0.15, -0.1) is 0 Å². The fraction of sp³-hybridized carbons (Fsp3) is 0.0667. The second-order valence-electron chi connectivity index (χ2n) is 4.54. The summed E-state index contributed by atoms with van der Waals surface area (Å²) in [6.45, 7) is 0.851. The van der Waals surface area contributed by atoms with E-state index < -0.39 is 0 Å². The Morgan fingerprint density at radius 3 is 2.89 bits per heavy atom. The maximum absolute atomic E-state index is 6.12. The molecule has 3 heteroatoms. The second-order valence-corrected chi connectivity index (χ2v) is 4.98. The van der Waals surface area contributed by atoms with Crippen molar-refractivity contribution in [3.8, 4) is 5.69 Å². The summed E-state index contributed by atoms with van der Waals surface area (Å²) in [6.07, 6.45) is 0. The van der Waals surface area contributed by atoms with Crippen LogP contribution in [0.15, 0.2) is 48.5 Å². The molecule has 0 unspecified atom stereocenters. The standard InChI is InChI=1S/C15H11ClN2/c16-11-5-6-13-15(8-11)18-12(9-17-13)7-10-3-1-2-4-14(10)18/h1-8,17H,9H2. The lowest BCUT2D eigenvalue weighted by molar-refractivity contribution is 0.931. The first kappa shape index (κ1) is 10.0.